The van der Waals surface area contributed by atoms with Crippen molar-refractivity contribution in [2.45, 2.75) is 73.7 Å². The number of hydrogen-bond acceptors (Lipinski definition) is 4. The van der Waals surface area contributed by atoms with Gasteiger partial charge < -0.3 is 9.47 Å². The first-order chi connectivity index (χ1) is 15.8. The van der Waals surface area contributed by atoms with Crippen molar-refractivity contribution >= 4 is 39.3 Å². The van der Waals surface area contributed by atoms with Crippen LogP contribution in [0, 0.1) is 17.8 Å². The van der Waals surface area contributed by atoms with Crippen LogP contribution in [-0.2, 0) is 9.47 Å². The van der Waals surface area contributed by atoms with E-state index in [1.54, 1.807) is 0 Å². The highest BCUT2D eigenvalue weighted by Crippen LogP contribution is 2.62. The van der Waals surface area contributed by atoms with E-state index in [9.17, 15) is 10.3 Å². The van der Waals surface area contributed by atoms with Gasteiger partial charge in [-0.25, -0.2) is 4.79 Å². The number of alkyl halides is 1. The average molecular weight is 559 g/mol. The van der Waals surface area contributed by atoms with Crippen LogP contribution in [0.2, 0.25) is 0 Å². The summed E-state index contributed by atoms with van der Waals surface area (Å²) in [5.41, 5.74) is 8.69. The smallest absolute Gasteiger partial charge is 0.338 e. The molecule has 0 radical (unpaired) electrons. The lowest BCUT2D eigenvalue weighted by Gasteiger charge is -2.52. The van der Waals surface area contributed by atoms with Crippen LogP contribution in [-0.4, -0.2) is 33.2 Å². The Hall–Kier alpha value is -1.83. The number of benzene rings is 2. The molecule has 2 aliphatic heterocycles. The lowest BCUT2D eigenvalue weighted by molar-refractivity contribution is -0.236. The maximum Gasteiger partial charge on any atom is 0.338 e. The van der Waals surface area contributed by atoms with E-state index in [0.717, 1.165) is 30.0 Å². The zero-order valence-electron chi connectivity index (χ0n) is 19.3. The maximum absolute atomic E-state index is 13.5. The summed E-state index contributed by atoms with van der Waals surface area (Å²) in [5.74, 6) is 0.438. The monoisotopic (exact) mass is 559 g/mol. The third kappa shape index (κ3) is 3.72. The van der Waals surface area contributed by atoms with Gasteiger partial charge in [0.1, 0.15) is 11.7 Å². The molecule has 7 heteroatoms. The summed E-state index contributed by atoms with van der Waals surface area (Å²) in [5, 5.41) is 6.31. The molecule has 2 heterocycles. The van der Waals surface area contributed by atoms with E-state index >= 15 is 0 Å². The fourth-order valence-electron chi connectivity index (χ4n) is 6.81. The molecule has 3 fully saturated rings. The van der Waals surface area contributed by atoms with Gasteiger partial charge in [-0.2, -0.15) is 0 Å². The average Bonchev–Trinajstić information content (AvgIpc) is 3.28. The normalized spacial score (nSPS) is 37.1. The van der Waals surface area contributed by atoms with Crippen molar-refractivity contribution in [2.24, 2.45) is 22.9 Å². The van der Waals surface area contributed by atoms with Crippen LogP contribution >= 0.6 is 22.6 Å². The van der Waals surface area contributed by atoms with Crippen molar-refractivity contribution in [3.63, 3.8) is 0 Å². The fraction of sp³-hybridized carbons (Fsp3) is 0.577. The van der Waals surface area contributed by atoms with Gasteiger partial charge in [0, 0.05) is 14.8 Å². The number of azide groups is 1. The van der Waals surface area contributed by atoms with E-state index in [4.69, 9.17) is 9.47 Å². The Bertz CT molecular complexity index is 1130. The van der Waals surface area contributed by atoms with E-state index in [1.807, 2.05) is 42.5 Å². The topological polar surface area (TPSA) is 84.3 Å². The molecule has 6 unspecified atom stereocenters. The van der Waals surface area contributed by atoms with E-state index in [2.05, 4.69) is 53.4 Å². The maximum atomic E-state index is 13.5. The Morgan fingerprint density at radius 2 is 2.03 bits per heavy atom. The van der Waals surface area contributed by atoms with Gasteiger partial charge in [-0.3, -0.25) is 0 Å². The Balaban J connectivity index is 1.54. The molecule has 1 aliphatic carbocycles. The second kappa shape index (κ2) is 8.43. The van der Waals surface area contributed by atoms with Crippen molar-refractivity contribution < 1.29 is 14.3 Å². The first-order valence-electron chi connectivity index (χ1n) is 11.9. The summed E-state index contributed by atoms with van der Waals surface area (Å²) < 4.78 is 13.7. The van der Waals surface area contributed by atoms with Gasteiger partial charge in [0.15, 0.2) is 0 Å². The third-order valence-electron chi connectivity index (χ3n) is 8.03. The molecule has 2 bridgehead atoms. The Morgan fingerprint density at radius 1 is 1.27 bits per heavy atom. The Kier molecular flexibility index (Phi) is 5.86. The molecule has 6 nitrogen and oxygen atoms in total. The van der Waals surface area contributed by atoms with Crippen molar-refractivity contribution in [1.29, 1.82) is 0 Å². The standard InChI is InChI=1S/C26H30IN3O3/c1-15(2)13-26-14-21(29-30-28)25(3,33-26)19-10-11-20(27)22(19)23(26)32-24(31)18-9-8-16-6-4-5-7-17(16)12-18/h4-9,12,15,19-23H,10-11,13-14H2,1-3H3/t19-,20?,21?,22?,23?,25?,26?/m1/s1. The zero-order chi connectivity index (χ0) is 23.4. The van der Waals surface area contributed by atoms with Crippen LogP contribution in [0.3, 0.4) is 0 Å². The number of carbonyl (C=O) groups excluding carboxylic acids is 1. The number of fused-ring (bicyclic) bond motifs is 5. The predicted molar refractivity (Wildman–Crippen MR) is 136 cm³/mol. The summed E-state index contributed by atoms with van der Waals surface area (Å²) in [7, 11) is 0. The lowest BCUT2D eigenvalue weighted by atomic mass is 9.72. The molecule has 174 valence electrons. The van der Waals surface area contributed by atoms with Gasteiger partial charge in [0.2, 0.25) is 0 Å². The van der Waals surface area contributed by atoms with E-state index in [1.165, 1.54) is 0 Å². The quantitative estimate of drug-likeness (QED) is 0.100. The number of rotatable bonds is 5. The summed E-state index contributed by atoms with van der Waals surface area (Å²) in [6.45, 7) is 6.45. The minimum absolute atomic E-state index is 0.186. The van der Waals surface area contributed by atoms with Crippen LogP contribution in [0.1, 0.15) is 56.8 Å². The minimum atomic E-state index is -0.636. The van der Waals surface area contributed by atoms with Gasteiger partial charge in [-0.1, -0.05) is 71.9 Å². The lowest BCUT2D eigenvalue weighted by Crippen LogP contribution is -2.61. The van der Waals surface area contributed by atoms with Gasteiger partial charge in [-0.15, -0.1) is 0 Å². The number of hydrogen-bond donors (Lipinski definition) is 0. The molecular formula is C26H30IN3O3. The van der Waals surface area contributed by atoms with Crippen LogP contribution in [0.4, 0.5) is 0 Å². The molecule has 33 heavy (non-hydrogen) atoms. The van der Waals surface area contributed by atoms with Gasteiger partial charge >= 0.3 is 5.97 Å². The van der Waals surface area contributed by atoms with Crippen molar-refractivity contribution in [3.8, 4) is 0 Å². The minimum Gasteiger partial charge on any atom is -0.455 e. The summed E-state index contributed by atoms with van der Waals surface area (Å²) in [6.07, 6.45) is 3.05. The zero-order valence-corrected chi connectivity index (χ0v) is 21.4. The first kappa shape index (κ1) is 22.9. The van der Waals surface area contributed by atoms with Crippen molar-refractivity contribution in [3.05, 3.63) is 58.5 Å². The number of ether oxygens (including phenoxy) is 2. The van der Waals surface area contributed by atoms with Crippen molar-refractivity contribution in [2.75, 3.05) is 0 Å². The summed E-state index contributed by atoms with van der Waals surface area (Å²) >= 11 is 2.53. The SMILES string of the molecule is CC(C)CC12CC(N=[N+]=[N-])C(C)(O1)[C@@H]1CCC(I)C1C2OC(=O)c1ccc2ccccc2c1. The molecule has 2 saturated heterocycles. The molecule has 2 aromatic rings. The molecule has 3 aliphatic rings. The molecule has 2 aromatic carbocycles. The van der Waals surface area contributed by atoms with E-state index in [-0.39, 0.29) is 30.0 Å². The van der Waals surface area contributed by atoms with Crippen LogP contribution in [0.25, 0.3) is 21.2 Å². The van der Waals surface area contributed by atoms with Crippen molar-refractivity contribution in [1.82, 2.24) is 0 Å². The number of halogens is 1. The molecule has 0 aromatic heterocycles. The number of carbonyl (C=O) groups is 1. The number of esters is 1. The largest absolute Gasteiger partial charge is 0.455 e. The molecule has 0 spiro atoms. The van der Waals surface area contributed by atoms with Gasteiger partial charge in [0.25, 0.3) is 0 Å². The Morgan fingerprint density at radius 3 is 2.76 bits per heavy atom. The van der Waals surface area contributed by atoms with E-state index < -0.39 is 11.2 Å². The molecule has 0 N–H and O–H groups in total. The second-order valence-electron chi connectivity index (χ2n) is 10.5. The molecule has 0 amide bonds. The highest BCUT2D eigenvalue weighted by atomic mass is 127. The summed E-state index contributed by atoms with van der Waals surface area (Å²) in [4.78, 5) is 16.6. The molecule has 7 atom stereocenters. The van der Waals surface area contributed by atoms with Gasteiger partial charge in [0.05, 0.1) is 17.2 Å². The molecule has 1 saturated carbocycles. The third-order valence-corrected chi connectivity index (χ3v) is 9.48. The van der Waals surface area contributed by atoms with Crippen LogP contribution in [0.15, 0.2) is 47.6 Å². The van der Waals surface area contributed by atoms with E-state index in [0.29, 0.717) is 21.8 Å². The molecule has 5 rings (SSSR count). The van der Waals surface area contributed by atoms with Crippen LogP contribution in [0.5, 0.6) is 0 Å². The highest BCUT2D eigenvalue weighted by molar-refractivity contribution is 14.1. The van der Waals surface area contributed by atoms with Crippen LogP contribution < -0.4 is 0 Å². The first-order valence-corrected chi connectivity index (χ1v) is 13.1. The fourth-order valence-corrected chi connectivity index (χ4v) is 8.04. The molecular weight excluding hydrogens is 529 g/mol. The predicted octanol–water partition coefficient (Wildman–Crippen LogP) is 6.85. The summed E-state index contributed by atoms with van der Waals surface area (Å²) in [6, 6.07) is 13.5. The second-order valence-corrected chi connectivity index (χ2v) is 12.1. The highest BCUT2D eigenvalue weighted by Gasteiger charge is 2.70. The Labute approximate surface area is 208 Å². The number of nitrogens with zero attached hydrogens (tertiary/aromatic N) is 3. The van der Waals surface area contributed by atoms with Gasteiger partial charge in [-0.05, 0) is 72.9 Å².